The van der Waals surface area contributed by atoms with Gasteiger partial charge in [-0.2, -0.15) is 4.33 Å². The summed E-state index contributed by atoms with van der Waals surface area (Å²) in [6.07, 6.45) is 3.89. The molecule has 1 N–H and O–H groups in total. The molecule has 31 heavy (non-hydrogen) atoms. The predicted molar refractivity (Wildman–Crippen MR) is 109 cm³/mol. The number of fused-ring (bicyclic) bond motifs is 1. The maximum Gasteiger partial charge on any atom is 1.00 e. The summed E-state index contributed by atoms with van der Waals surface area (Å²) in [6.45, 7) is 4.12. The van der Waals surface area contributed by atoms with E-state index < -0.39 is 21.8 Å². The Hall–Kier alpha value is -0.430. The largest absolute Gasteiger partial charge is 1.00 e. The number of rotatable bonds is 13. The van der Waals surface area contributed by atoms with Crippen molar-refractivity contribution in [2.45, 2.75) is 69.1 Å². The molecule has 0 aliphatic heterocycles. The number of unbranched alkanes of at least 4 members (excludes halogenated alkanes) is 2. The fourth-order valence-electron chi connectivity index (χ4n) is 4.09. The molecule has 11 heteroatoms. The molecule has 0 fully saturated rings. The van der Waals surface area contributed by atoms with Gasteiger partial charge in [-0.3, -0.25) is 9.83 Å². The third-order valence-electron chi connectivity index (χ3n) is 5.74. The number of hydrogen-bond donors (Lipinski definition) is 1. The van der Waals surface area contributed by atoms with Gasteiger partial charge in [-0.25, -0.2) is 8.42 Å². The van der Waals surface area contributed by atoms with Crippen molar-refractivity contribution >= 4 is 33.7 Å². The zero-order valence-electron chi connectivity index (χ0n) is 18.0. The van der Waals surface area contributed by atoms with Gasteiger partial charge in [0.25, 0.3) is 0 Å². The van der Waals surface area contributed by atoms with E-state index in [4.69, 9.17) is 5.11 Å². The second-order valence-corrected chi connectivity index (χ2v) is 9.98. The van der Waals surface area contributed by atoms with E-state index in [1.165, 1.54) is 0 Å². The molecule has 1 atom stereocenters. The number of aliphatic carboxylic acids is 1. The molecule has 1 unspecified atom stereocenters. The normalized spacial score (nSPS) is 18.1. The predicted octanol–water partition coefficient (Wildman–Crippen LogP) is 0.327. The summed E-state index contributed by atoms with van der Waals surface area (Å²) in [4.78, 5) is 11.4. The molecule has 8 nitrogen and oxygen atoms in total. The molecule has 168 valence electrons. The zero-order valence-corrected chi connectivity index (χ0v) is 21.6. The van der Waals surface area contributed by atoms with E-state index in [1.807, 2.05) is 19.1 Å². The summed E-state index contributed by atoms with van der Waals surface area (Å²) >= 11 is 0.807. The first-order chi connectivity index (χ1) is 14.1. The molecule has 0 spiro atoms. The first-order valence-electron chi connectivity index (χ1n) is 9.72. The molecule has 2 rings (SSSR count). The number of carboxylic acid groups (broad SMARTS) is 1. The Morgan fingerprint density at radius 3 is 2.55 bits per heavy atom. The van der Waals surface area contributed by atoms with Crippen molar-refractivity contribution in [3.8, 4) is 0 Å². The van der Waals surface area contributed by atoms with Gasteiger partial charge in [0.1, 0.15) is 0 Å². The molecule has 1 aliphatic carbocycles. The molecule has 1 aromatic rings. The molecule has 0 radical (unpaired) electrons. The topological polar surface area (TPSA) is 136 Å². The van der Waals surface area contributed by atoms with Gasteiger partial charge < -0.3 is 14.9 Å². The van der Waals surface area contributed by atoms with E-state index >= 15 is 0 Å². The summed E-state index contributed by atoms with van der Waals surface area (Å²) in [7, 11) is -4.27. The second-order valence-electron chi connectivity index (χ2n) is 7.68. The quantitative estimate of drug-likeness (QED) is 0.106. The van der Waals surface area contributed by atoms with Gasteiger partial charge in [-0.05, 0) is 61.4 Å². The van der Waals surface area contributed by atoms with Crippen LogP contribution in [-0.4, -0.2) is 29.8 Å². The molecule has 0 bridgehead atoms. The van der Waals surface area contributed by atoms with Crippen molar-refractivity contribution in [3.05, 3.63) is 34.9 Å². The van der Waals surface area contributed by atoms with E-state index in [1.54, 1.807) is 6.07 Å². The van der Waals surface area contributed by atoms with Crippen LogP contribution in [0.5, 0.6) is 0 Å². The fourth-order valence-corrected chi connectivity index (χ4v) is 4.98. The average Bonchev–Trinajstić information content (AvgIpc) is 2.87. The van der Waals surface area contributed by atoms with Crippen molar-refractivity contribution in [2.24, 2.45) is 0 Å². The molecule has 0 aromatic heterocycles. The van der Waals surface area contributed by atoms with Crippen molar-refractivity contribution < 1.29 is 67.1 Å². The van der Waals surface area contributed by atoms with Crippen LogP contribution in [0.3, 0.4) is 0 Å². The zero-order chi connectivity index (χ0) is 22.4. The molecule has 0 saturated heterocycles. The number of carbonyl (C=O) groups is 1. The van der Waals surface area contributed by atoms with E-state index in [0.717, 1.165) is 53.6 Å². The molecule has 1 aliphatic rings. The average molecular weight is 482 g/mol. The Bertz CT molecular complexity index is 900. The van der Waals surface area contributed by atoms with Gasteiger partial charge in [-0.1, -0.05) is 31.4 Å². The van der Waals surface area contributed by atoms with E-state index in [2.05, 4.69) is 16.3 Å². The van der Waals surface area contributed by atoms with Gasteiger partial charge in [-0.15, -0.1) is 0 Å². The number of carboxylic acids is 1. The fraction of sp³-hybridized carbons (Fsp3) is 0.550. The van der Waals surface area contributed by atoms with Crippen LogP contribution in [-0.2, 0) is 29.7 Å². The maximum absolute atomic E-state index is 11.0. The SMILES string of the molecule is CC1=C(CCCS(=O)(=O)[O-])c2ccc(SOO[O-])cc2C1(C)CCCCCC(=O)O.[Na+]. The van der Waals surface area contributed by atoms with Crippen LogP contribution in [0.4, 0.5) is 0 Å². The molecular formula is C20H26NaO8S2-. The monoisotopic (exact) mass is 481 g/mol. The summed E-state index contributed by atoms with van der Waals surface area (Å²) < 4.78 is 37.4. The minimum Gasteiger partial charge on any atom is -0.748 e. The van der Waals surface area contributed by atoms with Crippen molar-refractivity contribution in [2.75, 3.05) is 5.75 Å². The van der Waals surface area contributed by atoms with Crippen LogP contribution in [0.1, 0.15) is 69.9 Å². The smallest absolute Gasteiger partial charge is 0.748 e. The maximum atomic E-state index is 11.0. The van der Waals surface area contributed by atoms with Crippen molar-refractivity contribution in [3.63, 3.8) is 0 Å². The molecular weight excluding hydrogens is 455 g/mol. The third-order valence-corrected chi connectivity index (χ3v) is 7.10. The summed E-state index contributed by atoms with van der Waals surface area (Å²) in [5, 5.41) is 22.4. The molecule has 0 amide bonds. The summed E-state index contributed by atoms with van der Waals surface area (Å²) in [5.74, 6) is -1.21. The Kier molecular flexibility index (Phi) is 11.7. The van der Waals surface area contributed by atoms with Gasteiger partial charge in [0.2, 0.25) is 0 Å². The molecule has 0 saturated carbocycles. The van der Waals surface area contributed by atoms with E-state index in [-0.39, 0.29) is 47.8 Å². The van der Waals surface area contributed by atoms with E-state index in [9.17, 15) is 23.0 Å². The van der Waals surface area contributed by atoms with Gasteiger partial charge in [0.05, 0.1) is 22.2 Å². The second kappa shape index (κ2) is 12.7. The van der Waals surface area contributed by atoms with Crippen LogP contribution in [0.2, 0.25) is 0 Å². The van der Waals surface area contributed by atoms with Gasteiger partial charge >= 0.3 is 35.5 Å². The van der Waals surface area contributed by atoms with Crippen molar-refractivity contribution in [1.82, 2.24) is 0 Å². The minimum atomic E-state index is -4.27. The Morgan fingerprint density at radius 1 is 1.23 bits per heavy atom. The third kappa shape index (κ3) is 8.13. The van der Waals surface area contributed by atoms with Crippen LogP contribution >= 0.6 is 12.0 Å². The summed E-state index contributed by atoms with van der Waals surface area (Å²) in [5.41, 5.74) is 3.86. The van der Waals surface area contributed by atoms with Crippen LogP contribution in [0, 0.1) is 0 Å². The van der Waals surface area contributed by atoms with Gasteiger partial charge in [0, 0.05) is 22.5 Å². The van der Waals surface area contributed by atoms with Crippen LogP contribution in [0.15, 0.2) is 28.7 Å². The molecule has 1 aromatic carbocycles. The number of allylic oxidation sites excluding steroid dienone is 2. The number of benzene rings is 1. The van der Waals surface area contributed by atoms with Gasteiger partial charge in [0.15, 0.2) is 0 Å². The Labute approximate surface area is 209 Å². The first-order valence-corrected chi connectivity index (χ1v) is 12.0. The number of hydrogen-bond acceptors (Lipinski definition) is 8. The van der Waals surface area contributed by atoms with Crippen LogP contribution < -0.4 is 34.8 Å². The standard InChI is InChI=1S/C20H28O8S2.Na/c1-14-16(7-6-12-30(24,25)26)17-10-9-15(29-28-27-23)13-18(17)20(14,2)11-5-3-4-8-19(21)22;/h9-10,13,23H,3-8,11-12H2,1-2H3,(H,21,22)(H,24,25,26);/q;+1/p-2. The van der Waals surface area contributed by atoms with Crippen molar-refractivity contribution in [1.29, 1.82) is 0 Å². The Balaban J connectivity index is 0.00000480. The minimum absolute atomic E-state index is 0. The first kappa shape index (κ1) is 28.6. The Morgan fingerprint density at radius 2 is 1.94 bits per heavy atom. The van der Waals surface area contributed by atoms with Crippen LogP contribution in [0.25, 0.3) is 5.57 Å². The summed E-state index contributed by atoms with van der Waals surface area (Å²) in [6, 6.07) is 5.63. The molecule has 0 heterocycles. The van der Waals surface area contributed by atoms with E-state index in [0.29, 0.717) is 17.7 Å².